The second kappa shape index (κ2) is 11.1. The van der Waals surface area contributed by atoms with E-state index in [9.17, 15) is 0 Å². The van der Waals surface area contributed by atoms with Gasteiger partial charge in [0.25, 0.3) is 0 Å². The fraction of sp³-hybridized carbons (Fsp3) is 1.00. The standard InChI is InChI=1S/C22H48O4Si2/c1-10-27(11-2,12-3)25-23-21(7,8)20-16-18-22(9,19-17-20)24-26-28(13-4,14-5)15-6/h20H,10-19H2,1-9H3. The lowest BCUT2D eigenvalue weighted by molar-refractivity contribution is -0.327. The topological polar surface area (TPSA) is 36.9 Å². The summed E-state index contributed by atoms with van der Waals surface area (Å²) < 4.78 is 12.3. The molecule has 0 aromatic rings. The third-order valence-corrected chi connectivity index (χ3v) is 16.4. The summed E-state index contributed by atoms with van der Waals surface area (Å²) in [6, 6.07) is 6.70. The van der Waals surface area contributed by atoms with E-state index in [1.807, 2.05) is 0 Å². The zero-order chi connectivity index (χ0) is 21.5. The minimum atomic E-state index is -1.73. The molecule has 0 aromatic heterocycles. The molecule has 0 atom stereocenters. The van der Waals surface area contributed by atoms with Crippen LogP contribution in [0.25, 0.3) is 0 Å². The highest BCUT2D eigenvalue weighted by Crippen LogP contribution is 2.42. The van der Waals surface area contributed by atoms with Crippen LogP contribution in [0.5, 0.6) is 0 Å². The molecular weight excluding hydrogens is 384 g/mol. The fourth-order valence-electron chi connectivity index (χ4n) is 4.31. The van der Waals surface area contributed by atoms with E-state index >= 15 is 0 Å². The first kappa shape index (κ1) is 26.3. The molecule has 0 amide bonds. The van der Waals surface area contributed by atoms with Gasteiger partial charge in [-0.2, -0.15) is 0 Å². The Bertz CT molecular complexity index is 423. The summed E-state index contributed by atoms with van der Waals surface area (Å²) in [6.07, 6.45) is 4.22. The molecule has 1 aliphatic carbocycles. The Balaban J connectivity index is 2.61. The molecule has 1 rings (SSSR count). The Morgan fingerprint density at radius 3 is 1.54 bits per heavy atom. The fourth-order valence-corrected chi connectivity index (χ4v) is 8.79. The summed E-state index contributed by atoms with van der Waals surface area (Å²) in [6.45, 7) is 20.1. The summed E-state index contributed by atoms with van der Waals surface area (Å²) in [5.41, 5.74) is -0.422. The molecule has 0 N–H and O–H groups in total. The first-order chi connectivity index (χ1) is 13.1. The van der Waals surface area contributed by atoms with Crippen LogP contribution in [0.1, 0.15) is 88.0 Å². The molecule has 0 aromatic carbocycles. The van der Waals surface area contributed by atoms with Crippen LogP contribution < -0.4 is 0 Å². The van der Waals surface area contributed by atoms with E-state index in [-0.39, 0.29) is 11.2 Å². The molecule has 28 heavy (non-hydrogen) atoms. The highest BCUT2D eigenvalue weighted by Gasteiger charge is 2.43. The van der Waals surface area contributed by atoms with Crippen molar-refractivity contribution in [1.82, 2.24) is 0 Å². The van der Waals surface area contributed by atoms with Gasteiger partial charge in [0, 0.05) is 0 Å². The summed E-state index contributed by atoms with van der Waals surface area (Å²) in [5.74, 6) is 0.493. The second-order valence-electron chi connectivity index (χ2n) is 9.65. The molecule has 1 aliphatic rings. The van der Waals surface area contributed by atoms with Crippen molar-refractivity contribution in [3.8, 4) is 0 Å². The maximum absolute atomic E-state index is 6.17. The van der Waals surface area contributed by atoms with Crippen molar-refractivity contribution in [2.24, 2.45) is 5.92 Å². The molecular formula is C22H48O4Si2. The number of hydrogen-bond acceptors (Lipinski definition) is 4. The largest absolute Gasteiger partial charge is 0.286 e. The van der Waals surface area contributed by atoms with Crippen LogP contribution in [-0.4, -0.2) is 27.8 Å². The van der Waals surface area contributed by atoms with Crippen LogP contribution in [0, 0.1) is 5.92 Å². The van der Waals surface area contributed by atoms with Gasteiger partial charge < -0.3 is 0 Å². The first-order valence-electron chi connectivity index (χ1n) is 11.8. The summed E-state index contributed by atoms with van der Waals surface area (Å²) in [5, 5.41) is 0. The normalized spacial score (nSPS) is 24.5. The minimum Gasteiger partial charge on any atom is -0.286 e. The van der Waals surface area contributed by atoms with Gasteiger partial charge in [0.2, 0.25) is 16.6 Å². The Hall–Kier alpha value is 0.274. The number of rotatable bonds is 13. The van der Waals surface area contributed by atoms with Crippen molar-refractivity contribution in [2.75, 3.05) is 0 Å². The Morgan fingerprint density at radius 2 is 1.14 bits per heavy atom. The lowest BCUT2D eigenvalue weighted by Gasteiger charge is -2.44. The van der Waals surface area contributed by atoms with Crippen LogP contribution in [-0.2, 0) is 18.9 Å². The molecule has 0 saturated heterocycles. The molecule has 0 unspecified atom stereocenters. The van der Waals surface area contributed by atoms with Gasteiger partial charge in [0.1, 0.15) is 0 Å². The van der Waals surface area contributed by atoms with Crippen molar-refractivity contribution < 1.29 is 18.9 Å². The van der Waals surface area contributed by atoms with Crippen LogP contribution in [0.3, 0.4) is 0 Å². The lowest BCUT2D eigenvalue weighted by atomic mass is 9.73. The van der Waals surface area contributed by atoms with E-state index in [0.717, 1.165) is 61.9 Å². The van der Waals surface area contributed by atoms with Gasteiger partial charge in [-0.05, 0) is 88.6 Å². The van der Waals surface area contributed by atoms with E-state index < -0.39 is 16.6 Å². The molecule has 168 valence electrons. The molecule has 4 nitrogen and oxygen atoms in total. The summed E-state index contributed by atoms with van der Waals surface area (Å²) in [7, 11) is -3.44. The molecule has 1 fully saturated rings. The predicted octanol–water partition coefficient (Wildman–Crippen LogP) is 7.62. The zero-order valence-corrected chi connectivity index (χ0v) is 22.3. The van der Waals surface area contributed by atoms with Crippen molar-refractivity contribution in [1.29, 1.82) is 0 Å². The Labute approximate surface area is 177 Å². The van der Waals surface area contributed by atoms with Crippen LogP contribution >= 0.6 is 0 Å². The second-order valence-corrected chi connectivity index (χ2v) is 19.0. The number of hydrogen-bond donors (Lipinski definition) is 0. The first-order valence-corrected chi connectivity index (χ1v) is 16.9. The SMILES string of the molecule is CC[Si](CC)(CC)OOC1(C)CCC(C(C)(C)OO[Si](CC)(CC)CC)CC1. The monoisotopic (exact) mass is 432 g/mol. The van der Waals surface area contributed by atoms with E-state index in [1.54, 1.807) is 0 Å². The lowest BCUT2D eigenvalue weighted by Crippen LogP contribution is -2.47. The smallest absolute Gasteiger partial charge is 0.238 e. The van der Waals surface area contributed by atoms with Gasteiger partial charge in [-0.1, -0.05) is 41.5 Å². The van der Waals surface area contributed by atoms with E-state index in [0.29, 0.717) is 5.92 Å². The molecule has 0 radical (unpaired) electrons. The van der Waals surface area contributed by atoms with Crippen molar-refractivity contribution in [2.45, 2.75) is 135 Å². The van der Waals surface area contributed by atoms with Gasteiger partial charge in [-0.25, -0.2) is 9.78 Å². The summed E-state index contributed by atoms with van der Waals surface area (Å²) >= 11 is 0. The molecule has 0 aliphatic heterocycles. The highest BCUT2D eigenvalue weighted by molar-refractivity contribution is 6.73. The van der Waals surface area contributed by atoms with Crippen molar-refractivity contribution in [3.63, 3.8) is 0 Å². The van der Waals surface area contributed by atoms with Crippen LogP contribution in [0.2, 0.25) is 36.3 Å². The van der Waals surface area contributed by atoms with Crippen molar-refractivity contribution in [3.05, 3.63) is 0 Å². The third-order valence-electron chi connectivity index (χ3n) is 7.75. The van der Waals surface area contributed by atoms with Crippen LogP contribution in [0.15, 0.2) is 0 Å². The third kappa shape index (κ3) is 6.64. The zero-order valence-electron chi connectivity index (χ0n) is 20.3. The molecule has 6 heteroatoms. The Kier molecular flexibility index (Phi) is 10.4. The van der Waals surface area contributed by atoms with Gasteiger partial charge in [-0.3, -0.25) is 9.15 Å². The van der Waals surface area contributed by atoms with E-state index in [1.165, 1.54) is 0 Å². The van der Waals surface area contributed by atoms with Gasteiger partial charge >= 0.3 is 0 Å². The van der Waals surface area contributed by atoms with E-state index in [4.69, 9.17) is 18.9 Å². The average Bonchev–Trinajstić information content (AvgIpc) is 2.71. The van der Waals surface area contributed by atoms with Gasteiger partial charge in [0.05, 0.1) is 11.2 Å². The summed E-state index contributed by atoms with van der Waals surface area (Å²) in [4.78, 5) is 12.3. The minimum absolute atomic E-state index is 0.167. The van der Waals surface area contributed by atoms with E-state index in [2.05, 4.69) is 62.3 Å². The maximum Gasteiger partial charge on any atom is 0.238 e. The Morgan fingerprint density at radius 1 is 0.750 bits per heavy atom. The molecule has 0 bridgehead atoms. The van der Waals surface area contributed by atoms with Crippen LogP contribution in [0.4, 0.5) is 0 Å². The molecule has 0 heterocycles. The van der Waals surface area contributed by atoms with Gasteiger partial charge in [0.15, 0.2) is 0 Å². The molecule has 1 saturated carbocycles. The van der Waals surface area contributed by atoms with Gasteiger partial charge in [-0.15, -0.1) is 0 Å². The van der Waals surface area contributed by atoms with Crippen molar-refractivity contribution >= 4 is 16.6 Å². The highest BCUT2D eigenvalue weighted by atomic mass is 28.4. The quantitative estimate of drug-likeness (QED) is 0.170. The predicted molar refractivity (Wildman–Crippen MR) is 123 cm³/mol. The maximum atomic E-state index is 6.17. The molecule has 0 spiro atoms. The average molecular weight is 433 g/mol.